The first-order valence-electron chi connectivity index (χ1n) is 7.82. The van der Waals surface area contributed by atoms with E-state index in [0.29, 0.717) is 38.2 Å². The molecule has 1 aliphatic rings. The van der Waals surface area contributed by atoms with Gasteiger partial charge in [-0.25, -0.2) is 9.18 Å². The van der Waals surface area contributed by atoms with Gasteiger partial charge in [0.05, 0.1) is 16.9 Å². The molecule has 3 rings (SSSR count). The molecule has 1 aromatic heterocycles. The second-order valence-electron chi connectivity index (χ2n) is 6.29. The van der Waals surface area contributed by atoms with Crippen LogP contribution in [0.25, 0.3) is 0 Å². The molecule has 0 radical (unpaired) electrons. The van der Waals surface area contributed by atoms with Crippen LogP contribution in [0.2, 0.25) is 0 Å². The number of carboxylic acids is 1. The van der Waals surface area contributed by atoms with Crippen molar-refractivity contribution < 1.29 is 19.4 Å². The summed E-state index contributed by atoms with van der Waals surface area (Å²) < 4.78 is 13.0. The van der Waals surface area contributed by atoms with E-state index in [0.717, 1.165) is 5.56 Å². The molecular weight excluding hydrogens is 311 g/mol. The highest BCUT2D eigenvalue weighted by molar-refractivity contribution is 5.88. The number of carbonyl (C=O) groups is 1. The average molecular weight is 330 g/mol. The van der Waals surface area contributed by atoms with Gasteiger partial charge in [0.15, 0.2) is 0 Å². The zero-order valence-corrected chi connectivity index (χ0v) is 13.2. The van der Waals surface area contributed by atoms with Gasteiger partial charge in [0.25, 0.3) is 0 Å². The number of pyridine rings is 1. The molecule has 2 N–H and O–H groups in total. The van der Waals surface area contributed by atoms with Crippen molar-refractivity contribution >= 4 is 5.97 Å². The smallest absolute Gasteiger partial charge is 0.337 e. The first-order chi connectivity index (χ1) is 11.5. The summed E-state index contributed by atoms with van der Waals surface area (Å²) in [5, 5.41) is 20.0. The first-order valence-corrected chi connectivity index (χ1v) is 7.82. The summed E-state index contributed by atoms with van der Waals surface area (Å²) in [4.78, 5) is 17.4. The second-order valence-corrected chi connectivity index (χ2v) is 6.29. The van der Waals surface area contributed by atoms with Crippen LogP contribution < -0.4 is 0 Å². The molecule has 1 atom stereocenters. The minimum Gasteiger partial charge on any atom is -0.478 e. The molecule has 1 aliphatic heterocycles. The first kappa shape index (κ1) is 16.5. The molecule has 2 aromatic rings. The van der Waals surface area contributed by atoms with E-state index in [-0.39, 0.29) is 11.4 Å². The molecule has 6 heteroatoms. The Kier molecular flexibility index (Phi) is 4.59. The quantitative estimate of drug-likeness (QED) is 0.878. The van der Waals surface area contributed by atoms with Crippen molar-refractivity contribution in [3.05, 3.63) is 65.2 Å². The molecular formula is C18H19FN2O3. The third-order valence-electron chi connectivity index (χ3n) is 4.35. The van der Waals surface area contributed by atoms with E-state index >= 15 is 0 Å². The SMILES string of the molecule is O=C(O)c1cccnc1CN1CCC(O)(Cc2ccc(F)cc2)C1. The average Bonchev–Trinajstić information content (AvgIpc) is 2.91. The zero-order chi connectivity index (χ0) is 17.2. The molecule has 2 heterocycles. The molecule has 1 unspecified atom stereocenters. The van der Waals surface area contributed by atoms with Gasteiger partial charge in [-0.3, -0.25) is 9.88 Å². The molecule has 5 nitrogen and oxygen atoms in total. The van der Waals surface area contributed by atoms with Crippen LogP contribution in [0.4, 0.5) is 4.39 Å². The van der Waals surface area contributed by atoms with Gasteiger partial charge in [0.2, 0.25) is 0 Å². The predicted octanol–water partition coefficient (Wildman–Crippen LogP) is 2.10. The van der Waals surface area contributed by atoms with Crippen LogP contribution in [0.5, 0.6) is 0 Å². The Bertz CT molecular complexity index is 735. The normalized spacial score (nSPS) is 21.1. The number of carboxylic acid groups (broad SMARTS) is 1. The number of likely N-dealkylation sites (tertiary alicyclic amines) is 1. The zero-order valence-electron chi connectivity index (χ0n) is 13.2. The molecule has 1 saturated heterocycles. The Morgan fingerprint density at radius 3 is 2.75 bits per heavy atom. The third-order valence-corrected chi connectivity index (χ3v) is 4.35. The third kappa shape index (κ3) is 3.77. The van der Waals surface area contributed by atoms with Crippen LogP contribution in [0.15, 0.2) is 42.6 Å². The summed E-state index contributed by atoms with van der Waals surface area (Å²) in [6, 6.07) is 9.26. The fourth-order valence-corrected chi connectivity index (χ4v) is 3.17. The standard InChI is InChI=1S/C18H19FN2O3/c19-14-5-3-13(4-6-14)10-18(24)7-9-21(12-18)11-16-15(17(22)23)2-1-8-20-16/h1-6,8,24H,7,9-12H2,(H,22,23). The fraction of sp³-hybridized carbons (Fsp3) is 0.333. The van der Waals surface area contributed by atoms with Crippen LogP contribution >= 0.6 is 0 Å². The van der Waals surface area contributed by atoms with Gasteiger partial charge < -0.3 is 10.2 Å². The van der Waals surface area contributed by atoms with E-state index in [2.05, 4.69) is 4.98 Å². The van der Waals surface area contributed by atoms with E-state index in [1.165, 1.54) is 18.2 Å². The summed E-state index contributed by atoms with van der Waals surface area (Å²) in [5.74, 6) is -1.30. The maximum absolute atomic E-state index is 13.0. The van der Waals surface area contributed by atoms with Crippen LogP contribution in [-0.4, -0.2) is 44.8 Å². The monoisotopic (exact) mass is 330 g/mol. The van der Waals surface area contributed by atoms with Gasteiger partial charge in [-0.1, -0.05) is 12.1 Å². The highest BCUT2D eigenvalue weighted by Gasteiger charge is 2.36. The summed E-state index contributed by atoms with van der Waals surface area (Å²) in [6.45, 7) is 1.47. The summed E-state index contributed by atoms with van der Waals surface area (Å²) in [7, 11) is 0. The molecule has 126 valence electrons. The number of aromatic carboxylic acids is 1. The van der Waals surface area contributed by atoms with Crippen LogP contribution in [-0.2, 0) is 13.0 Å². The van der Waals surface area contributed by atoms with Gasteiger partial charge in [-0.2, -0.15) is 0 Å². The van der Waals surface area contributed by atoms with Crippen LogP contribution in [0, 0.1) is 5.82 Å². The predicted molar refractivity (Wildman–Crippen MR) is 86.1 cm³/mol. The Morgan fingerprint density at radius 1 is 1.29 bits per heavy atom. The number of hydrogen-bond donors (Lipinski definition) is 2. The molecule has 24 heavy (non-hydrogen) atoms. The van der Waals surface area contributed by atoms with Crippen molar-refractivity contribution in [3.8, 4) is 0 Å². The highest BCUT2D eigenvalue weighted by Crippen LogP contribution is 2.27. The van der Waals surface area contributed by atoms with E-state index < -0.39 is 11.6 Å². The van der Waals surface area contributed by atoms with Crippen molar-refractivity contribution in [1.29, 1.82) is 0 Å². The number of aliphatic hydroxyl groups is 1. The lowest BCUT2D eigenvalue weighted by Gasteiger charge is -2.23. The Hall–Kier alpha value is -2.31. The van der Waals surface area contributed by atoms with Crippen molar-refractivity contribution in [1.82, 2.24) is 9.88 Å². The van der Waals surface area contributed by atoms with E-state index in [9.17, 15) is 19.4 Å². The topological polar surface area (TPSA) is 73.7 Å². The largest absolute Gasteiger partial charge is 0.478 e. The van der Waals surface area contributed by atoms with Gasteiger partial charge in [-0.15, -0.1) is 0 Å². The number of hydrogen-bond acceptors (Lipinski definition) is 4. The molecule has 0 bridgehead atoms. The number of β-amino-alcohol motifs (C(OH)–C–C–N with tert-alkyl or cyclic N) is 1. The van der Waals surface area contributed by atoms with Gasteiger partial charge >= 0.3 is 5.97 Å². The molecule has 1 aromatic carbocycles. The van der Waals surface area contributed by atoms with Crippen molar-refractivity contribution in [2.24, 2.45) is 0 Å². The minimum atomic E-state index is -1.00. The molecule has 0 spiro atoms. The Balaban J connectivity index is 1.67. The molecule has 0 amide bonds. The number of rotatable bonds is 5. The lowest BCUT2D eigenvalue weighted by Crippen LogP contribution is -2.35. The lowest BCUT2D eigenvalue weighted by molar-refractivity contribution is 0.0486. The second kappa shape index (κ2) is 6.67. The Labute approximate surface area is 139 Å². The van der Waals surface area contributed by atoms with E-state index in [4.69, 9.17) is 0 Å². The lowest BCUT2D eigenvalue weighted by atomic mass is 9.94. The minimum absolute atomic E-state index is 0.187. The summed E-state index contributed by atoms with van der Waals surface area (Å²) >= 11 is 0. The highest BCUT2D eigenvalue weighted by atomic mass is 19.1. The number of halogens is 1. The Morgan fingerprint density at radius 2 is 2.04 bits per heavy atom. The summed E-state index contributed by atoms with van der Waals surface area (Å²) in [6.07, 6.45) is 2.60. The van der Waals surface area contributed by atoms with Crippen molar-refractivity contribution in [2.75, 3.05) is 13.1 Å². The van der Waals surface area contributed by atoms with Gasteiger partial charge in [-0.05, 0) is 36.2 Å². The van der Waals surface area contributed by atoms with E-state index in [1.807, 2.05) is 4.90 Å². The maximum Gasteiger partial charge on any atom is 0.337 e. The maximum atomic E-state index is 13.0. The number of nitrogens with zero attached hydrogens (tertiary/aromatic N) is 2. The fourth-order valence-electron chi connectivity index (χ4n) is 3.17. The van der Waals surface area contributed by atoms with Crippen molar-refractivity contribution in [3.63, 3.8) is 0 Å². The number of aromatic nitrogens is 1. The van der Waals surface area contributed by atoms with Gasteiger partial charge in [0.1, 0.15) is 5.82 Å². The molecule has 1 fully saturated rings. The van der Waals surface area contributed by atoms with Crippen LogP contribution in [0.3, 0.4) is 0 Å². The molecule has 0 saturated carbocycles. The number of benzene rings is 1. The van der Waals surface area contributed by atoms with Crippen LogP contribution in [0.1, 0.15) is 28.0 Å². The van der Waals surface area contributed by atoms with Gasteiger partial charge in [0, 0.05) is 32.3 Å². The van der Waals surface area contributed by atoms with Crippen molar-refractivity contribution in [2.45, 2.75) is 25.0 Å². The summed E-state index contributed by atoms with van der Waals surface area (Å²) in [5.41, 5.74) is 0.669. The molecule has 0 aliphatic carbocycles. The van der Waals surface area contributed by atoms with E-state index in [1.54, 1.807) is 24.4 Å².